The number of carbonyl (C=O) groups excluding carboxylic acids is 1. The molecule has 5 heteroatoms. The smallest absolute Gasteiger partial charge is 0.254 e. The van der Waals surface area contributed by atoms with Crippen molar-refractivity contribution in [1.82, 2.24) is 4.90 Å². The van der Waals surface area contributed by atoms with Crippen LogP contribution >= 0.6 is 35.0 Å². The molecule has 0 aromatic heterocycles. The van der Waals surface area contributed by atoms with Gasteiger partial charge in [0.2, 0.25) is 0 Å². The average Bonchev–Trinajstić information content (AvgIpc) is 2.84. The van der Waals surface area contributed by atoms with E-state index in [2.05, 4.69) is 22.6 Å². The molecule has 0 bridgehead atoms. The third-order valence-electron chi connectivity index (χ3n) is 4.55. The van der Waals surface area contributed by atoms with Gasteiger partial charge >= 0.3 is 0 Å². The largest absolute Gasteiger partial charge is 0.338 e. The van der Waals surface area contributed by atoms with Crippen molar-refractivity contribution in [3.8, 4) is 0 Å². The molecule has 1 saturated heterocycles. The number of rotatable bonds is 1. The van der Waals surface area contributed by atoms with Crippen molar-refractivity contribution < 1.29 is 4.79 Å². The first-order valence-electron chi connectivity index (χ1n) is 6.96. The SMILES string of the molecule is Cl.NC1CCCC2CN(C(=O)c3ccccc3I)CC12. The molecule has 1 aromatic rings. The van der Waals surface area contributed by atoms with Crippen molar-refractivity contribution in [2.75, 3.05) is 13.1 Å². The van der Waals surface area contributed by atoms with Crippen LogP contribution in [0.1, 0.15) is 29.6 Å². The lowest BCUT2D eigenvalue weighted by Gasteiger charge is -2.29. The molecule has 1 aromatic carbocycles. The minimum absolute atomic E-state index is 0. The zero-order valence-electron chi connectivity index (χ0n) is 11.3. The Morgan fingerprint density at radius 1 is 1.25 bits per heavy atom. The Morgan fingerprint density at radius 3 is 2.70 bits per heavy atom. The highest BCUT2D eigenvalue weighted by Gasteiger charge is 2.40. The van der Waals surface area contributed by atoms with Crippen LogP contribution in [0.3, 0.4) is 0 Å². The van der Waals surface area contributed by atoms with Gasteiger partial charge in [0.25, 0.3) is 5.91 Å². The summed E-state index contributed by atoms with van der Waals surface area (Å²) in [5.74, 6) is 1.31. The van der Waals surface area contributed by atoms with Gasteiger partial charge in [0.1, 0.15) is 0 Å². The Bertz CT molecular complexity index is 497. The summed E-state index contributed by atoms with van der Waals surface area (Å²) < 4.78 is 1.03. The van der Waals surface area contributed by atoms with Crippen molar-refractivity contribution in [3.05, 3.63) is 33.4 Å². The molecule has 1 aliphatic heterocycles. The molecule has 3 unspecified atom stereocenters. The highest BCUT2D eigenvalue weighted by Crippen LogP contribution is 2.36. The average molecular weight is 407 g/mol. The van der Waals surface area contributed by atoms with Crippen LogP contribution in [-0.4, -0.2) is 29.9 Å². The predicted molar refractivity (Wildman–Crippen MR) is 91.1 cm³/mol. The summed E-state index contributed by atoms with van der Waals surface area (Å²) in [5, 5.41) is 0. The number of nitrogens with zero attached hydrogens (tertiary/aromatic N) is 1. The number of halogens is 2. The summed E-state index contributed by atoms with van der Waals surface area (Å²) in [6, 6.07) is 8.10. The van der Waals surface area contributed by atoms with Gasteiger partial charge in [-0.1, -0.05) is 18.6 Å². The van der Waals surface area contributed by atoms with Gasteiger partial charge in [0, 0.05) is 22.7 Å². The maximum Gasteiger partial charge on any atom is 0.254 e. The molecule has 1 amide bonds. The number of likely N-dealkylation sites (tertiary alicyclic amines) is 1. The molecule has 3 nitrogen and oxygen atoms in total. The molecule has 2 N–H and O–H groups in total. The van der Waals surface area contributed by atoms with Gasteiger partial charge in [0.05, 0.1) is 5.56 Å². The van der Waals surface area contributed by atoms with Gasteiger partial charge in [-0.25, -0.2) is 0 Å². The topological polar surface area (TPSA) is 46.3 Å². The molecular weight excluding hydrogens is 387 g/mol. The summed E-state index contributed by atoms with van der Waals surface area (Å²) in [7, 11) is 0. The fourth-order valence-corrected chi connectivity index (χ4v) is 4.11. The number of nitrogens with two attached hydrogens (primary N) is 1. The molecule has 0 spiro atoms. The Hall–Kier alpha value is -0.330. The van der Waals surface area contributed by atoms with Crippen LogP contribution in [0.15, 0.2) is 24.3 Å². The van der Waals surface area contributed by atoms with E-state index < -0.39 is 0 Å². The van der Waals surface area contributed by atoms with E-state index in [0.29, 0.717) is 11.8 Å². The number of benzene rings is 1. The van der Waals surface area contributed by atoms with Crippen LogP contribution in [0, 0.1) is 15.4 Å². The van der Waals surface area contributed by atoms with Crippen LogP contribution in [0.25, 0.3) is 0 Å². The third kappa shape index (κ3) is 2.97. The normalized spacial score (nSPS) is 28.7. The van der Waals surface area contributed by atoms with E-state index in [4.69, 9.17) is 5.73 Å². The van der Waals surface area contributed by atoms with E-state index in [9.17, 15) is 4.79 Å². The standard InChI is InChI=1S/C15H19IN2O.ClH/c16-13-6-2-1-5-11(13)15(19)18-8-10-4-3-7-14(17)12(10)9-18;/h1-2,5-6,10,12,14H,3-4,7-9,17H2;1H. The zero-order chi connectivity index (χ0) is 13.4. The van der Waals surface area contributed by atoms with Crippen molar-refractivity contribution in [1.29, 1.82) is 0 Å². The first kappa shape index (κ1) is 16.0. The zero-order valence-corrected chi connectivity index (χ0v) is 14.3. The van der Waals surface area contributed by atoms with Crippen molar-refractivity contribution in [3.63, 3.8) is 0 Å². The second-order valence-corrected chi connectivity index (χ2v) is 6.87. The monoisotopic (exact) mass is 406 g/mol. The first-order chi connectivity index (χ1) is 9.16. The van der Waals surface area contributed by atoms with Crippen molar-refractivity contribution in [2.24, 2.45) is 17.6 Å². The van der Waals surface area contributed by atoms with E-state index in [-0.39, 0.29) is 24.4 Å². The quantitative estimate of drug-likeness (QED) is 0.729. The maximum atomic E-state index is 12.6. The summed E-state index contributed by atoms with van der Waals surface area (Å²) in [6.45, 7) is 1.73. The Kier molecular flexibility index (Phi) is 5.31. The van der Waals surface area contributed by atoms with E-state index in [0.717, 1.165) is 28.6 Å². The van der Waals surface area contributed by atoms with Gasteiger partial charge in [-0.3, -0.25) is 4.79 Å². The van der Waals surface area contributed by atoms with Gasteiger partial charge in [-0.15, -0.1) is 12.4 Å². The lowest BCUT2D eigenvalue weighted by atomic mass is 9.78. The van der Waals surface area contributed by atoms with E-state index in [1.807, 2.05) is 29.2 Å². The van der Waals surface area contributed by atoms with Gasteiger partial charge in [-0.2, -0.15) is 0 Å². The second-order valence-electron chi connectivity index (χ2n) is 5.71. The Balaban J connectivity index is 0.00000147. The maximum absolute atomic E-state index is 12.6. The number of fused-ring (bicyclic) bond motifs is 1. The van der Waals surface area contributed by atoms with Crippen molar-refractivity contribution >= 4 is 40.9 Å². The first-order valence-corrected chi connectivity index (χ1v) is 8.04. The number of hydrogen-bond acceptors (Lipinski definition) is 2. The van der Waals surface area contributed by atoms with Crippen LogP contribution in [0.5, 0.6) is 0 Å². The molecule has 1 aliphatic carbocycles. The van der Waals surface area contributed by atoms with E-state index >= 15 is 0 Å². The highest BCUT2D eigenvalue weighted by atomic mass is 127. The van der Waals surface area contributed by atoms with Gasteiger partial charge < -0.3 is 10.6 Å². The molecule has 3 atom stereocenters. The minimum Gasteiger partial charge on any atom is -0.338 e. The number of amides is 1. The van der Waals surface area contributed by atoms with E-state index in [1.54, 1.807) is 0 Å². The summed E-state index contributed by atoms with van der Waals surface area (Å²) in [5.41, 5.74) is 7.04. The molecule has 2 aliphatic rings. The highest BCUT2D eigenvalue weighted by molar-refractivity contribution is 14.1. The molecule has 110 valence electrons. The molecular formula is C15H20ClIN2O. The van der Waals surface area contributed by atoms with Gasteiger partial charge in [-0.05, 0) is 59.4 Å². The molecule has 0 radical (unpaired) electrons. The summed E-state index contributed by atoms with van der Waals surface area (Å²) in [6.07, 6.45) is 3.56. The fraction of sp³-hybridized carbons (Fsp3) is 0.533. The Labute approximate surface area is 139 Å². The molecule has 1 saturated carbocycles. The van der Waals surface area contributed by atoms with Crippen LogP contribution in [0.2, 0.25) is 0 Å². The van der Waals surface area contributed by atoms with Crippen molar-refractivity contribution in [2.45, 2.75) is 25.3 Å². The number of carbonyl (C=O) groups is 1. The Morgan fingerprint density at radius 2 is 2.00 bits per heavy atom. The minimum atomic E-state index is 0. The van der Waals surface area contributed by atoms with Gasteiger partial charge in [0.15, 0.2) is 0 Å². The lowest BCUT2D eigenvalue weighted by molar-refractivity contribution is 0.0782. The third-order valence-corrected chi connectivity index (χ3v) is 5.49. The lowest BCUT2D eigenvalue weighted by Crippen LogP contribution is -2.38. The molecule has 2 fully saturated rings. The fourth-order valence-electron chi connectivity index (χ4n) is 3.49. The molecule has 1 heterocycles. The molecule has 20 heavy (non-hydrogen) atoms. The summed E-state index contributed by atoms with van der Waals surface area (Å²) in [4.78, 5) is 14.6. The molecule has 3 rings (SSSR count). The van der Waals surface area contributed by atoms with Crippen LogP contribution in [-0.2, 0) is 0 Å². The predicted octanol–water partition coefficient (Wildman–Crippen LogP) is 2.91. The van der Waals surface area contributed by atoms with E-state index in [1.165, 1.54) is 12.8 Å². The van der Waals surface area contributed by atoms with Crippen LogP contribution in [0.4, 0.5) is 0 Å². The second kappa shape index (κ2) is 6.62. The summed E-state index contributed by atoms with van der Waals surface area (Å²) >= 11 is 2.24. The number of hydrogen-bond donors (Lipinski definition) is 1. The van der Waals surface area contributed by atoms with Crippen LogP contribution < -0.4 is 5.73 Å².